The minimum absolute atomic E-state index is 0.00751. The molecule has 1 amide bonds. The Kier molecular flexibility index (Phi) is 3.68. The summed E-state index contributed by atoms with van der Waals surface area (Å²) >= 11 is 0. The number of H-pyrrole nitrogens is 1. The smallest absolute Gasteiger partial charge is 0.339 e. The third kappa shape index (κ3) is 2.84. The van der Waals surface area contributed by atoms with E-state index in [1.165, 1.54) is 12.4 Å². The van der Waals surface area contributed by atoms with Gasteiger partial charge in [-0.25, -0.2) is 9.78 Å². The van der Waals surface area contributed by atoms with E-state index >= 15 is 0 Å². The number of aromatic amines is 1. The molecule has 0 aliphatic heterocycles. The molecular formula is C16H13N3O4. The van der Waals surface area contributed by atoms with E-state index in [0.717, 1.165) is 5.56 Å². The predicted octanol–water partition coefficient (Wildman–Crippen LogP) is 2.06. The van der Waals surface area contributed by atoms with Crippen molar-refractivity contribution in [2.45, 2.75) is 6.42 Å². The fourth-order valence-electron chi connectivity index (χ4n) is 2.32. The molecule has 1 aromatic carbocycles. The Hall–Kier alpha value is -3.35. The van der Waals surface area contributed by atoms with Gasteiger partial charge in [0.25, 0.3) is 5.91 Å². The van der Waals surface area contributed by atoms with Crippen molar-refractivity contribution in [1.29, 1.82) is 0 Å². The van der Waals surface area contributed by atoms with Crippen LogP contribution in [0.4, 0.5) is 0 Å². The summed E-state index contributed by atoms with van der Waals surface area (Å²) in [7, 11) is 0. The first-order chi connectivity index (χ1) is 11.1. The number of nitrogens with zero attached hydrogens (tertiary/aromatic N) is 1. The zero-order valence-electron chi connectivity index (χ0n) is 11.9. The van der Waals surface area contributed by atoms with E-state index in [2.05, 4.69) is 9.97 Å². The molecule has 23 heavy (non-hydrogen) atoms. The van der Waals surface area contributed by atoms with Gasteiger partial charge in [0.15, 0.2) is 5.76 Å². The van der Waals surface area contributed by atoms with Gasteiger partial charge in [0, 0.05) is 6.42 Å². The van der Waals surface area contributed by atoms with Crippen LogP contribution in [0.3, 0.4) is 0 Å². The molecule has 3 rings (SSSR count). The number of hydrogen-bond donors (Lipinski definition) is 3. The third-order valence-corrected chi connectivity index (χ3v) is 3.34. The fraction of sp³-hybridized carbons (Fsp3) is 0.0625. The van der Waals surface area contributed by atoms with Crippen LogP contribution in [0.1, 0.15) is 32.2 Å². The third-order valence-electron chi connectivity index (χ3n) is 3.34. The number of amides is 1. The number of nitrogens with two attached hydrogens (primary N) is 1. The molecule has 0 fully saturated rings. The number of carboxylic acids is 1. The maximum Gasteiger partial charge on any atom is 0.339 e. The SMILES string of the molecule is NC(=O)c1[nH]cnc1-c1oc(Cc2ccccc2)cc1C(=O)O. The van der Waals surface area contributed by atoms with Crippen LogP contribution in [0.2, 0.25) is 0 Å². The molecule has 0 spiro atoms. The first kappa shape index (κ1) is 14.6. The highest BCUT2D eigenvalue weighted by atomic mass is 16.4. The highest BCUT2D eigenvalue weighted by Crippen LogP contribution is 2.29. The summed E-state index contributed by atoms with van der Waals surface area (Å²) in [4.78, 5) is 29.4. The van der Waals surface area contributed by atoms with E-state index in [9.17, 15) is 14.7 Å². The molecule has 0 bridgehead atoms. The summed E-state index contributed by atoms with van der Waals surface area (Å²) in [5.74, 6) is -1.43. The van der Waals surface area contributed by atoms with Gasteiger partial charge in [-0.1, -0.05) is 30.3 Å². The van der Waals surface area contributed by atoms with Gasteiger partial charge in [0.2, 0.25) is 0 Å². The molecule has 4 N–H and O–H groups in total. The van der Waals surface area contributed by atoms with Crippen LogP contribution in [-0.4, -0.2) is 27.0 Å². The van der Waals surface area contributed by atoms with Crippen molar-refractivity contribution in [2.24, 2.45) is 5.73 Å². The molecular weight excluding hydrogens is 298 g/mol. The predicted molar refractivity (Wildman–Crippen MR) is 81.0 cm³/mol. The van der Waals surface area contributed by atoms with Gasteiger partial charge in [0.1, 0.15) is 22.7 Å². The monoisotopic (exact) mass is 311 g/mol. The second kappa shape index (κ2) is 5.80. The summed E-state index contributed by atoms with van der Waals surface area (Å²) < 4.78 is 5.64. The van der Waals surface area contributed by atoms with Gasteiger partial charge in [-0.05, 0) is 11.6 Å². The minimum Gasteiger partial charge on any atom is -0.478 e. The highest BCUT2D eigenvalue weighted by Gasteiger charge is 2.24. The van der Waals surface area contributed by atoms with E-state index in [1.807, 2.05) is 30.3 Å². The summed E-state index contributed by atoms with van der Waals surface area (Å²) in [5.41, 5.74) is 6.26. The number of furan rings is 1. The number of aromatic carboxylic acids is 1. The van der Waals surface area contributed by atoms with Crippen molar-refractivity contribution in [3.63, 3.8) is 0 Å². The lowest BCUT2D eigenvalue weighted by molar-refractivity contribution is 0.0696. The van der Waals surface area contributed by atoms with Crippen molar-refractivity contribution in [1.82, 2.24) is 9.97 Å². The average molecular weight is 311 g/mol. The van der Waals surface area contributed by atoms with Gasteiger partial charge < -0.3 is 20.2 Å². The number of nitrogens with one attached hydrogen (secondary N) is 1. The Morgan fingerprint density at radius 3 is 2.65 bits per heavy atom. The van der Waals surface area contributed by atoms with Crippen molar-refractivity contribution < 1.29 is 19.1 Å². The lowest BCUT2D eigenvalue weighted by Gasteiger charge is -1.99. The molecule has 0 saturated carbocycles. The lowest BCUT2D eigenvalue weighted by atomic mass is 10.1. The number of carboxylic acid groups (broad SMARTS) is 1. The maximum absolute atomic E-state index is 11.4. The van der Waals surface area contributed by atoms with Crippen molar-refractivity contribution in [2.75, 3.05) is 0 Å². The number of benzene rings is 1. The summed E-state index contributed by atoms with van der Waals surface area (Å²) in [6.07, 6.45) is 1.69. The number of primary amides is 1. The normalized spacial score (nSPS) is 10.6. The largest absolute Gasteiger partial charge is 0.478 e. The van der Waals surface area contributed by atoms with Crippen LogP contribution >= 0.6 is 0 Å². The van der Waals surface area contributed by atoms with Crippen molar-refractivity contribution >= 4 is 11.9 Å². The first-order valence-corrected chi connectivity index (χ1v) is 6.79. The molecule has 2 heterocycles. The Morgan fingerprint density at radius 1 is 1.26 bits per heavy atom. The lowest BCUT2D eigenvalue weighted by Crippen LogP contribution is -2.13. The number of hydrogen-bond acceptors (Lipinski definition) is 4. The Bertz CT molecular complexity index is 865. The first-order valence-electron chi connectivity index (χ1n) is 6.79. The quantitative estimate of drug-likeness (QED) is 0.665. The van der Waals surface area contributed by atoms with Crippen LogP contribution < -0.4 is 5.73 Å². The van der Waals surface area contributed by atoms with Gasteiger partial charge >= 0.3 is 5.97 Å². The molecule has 7 heteroatoms. The molecule has 3 aromatic rings. The van der Waals surface area contributed by atoms with Crippen molar-refractivity contribution in [3.8, 4) is 11.5 Å². The molecule has 0 aliphatic carbocycles. The van der Waals surface area contributed by atoms with E-state index in [-0.39, 0.29) is 22.7 Å². The Balaban J connectivity index is 2.04. The maximum atomic E-state index is 11.4. The number of aromatic nitrogens is 2. The van der Waals surface area contributed by atoms with Gasteiger partial charge in [-0.2, -0.15) is 0 Å². The van der Waals surface area contributed by atoms with E-state index in [4.69, 9.17) is 10.2 Å². The zero-order valence-corrected chi connectivity index (χ0v) is 11.9. The summed E-state index contributed by atoms with van der Waals surface area (Å²) in [6.45, 7) is 0. The molecule has 0 radical (unpaired) electrons. The summed E-state index contributed by atoms with van der Waals surface area (Å²) in [5, 5.41) is 9.36. The van der Waals surface area contributed by atoms with Crippen LogP contribution in [0.15, 0.2) is 47.1 Å². The van der Waals surface area contributed by atoms with Gasteiger partial charge in [-0.3, -0.25) is 4.79 Å². The molecule has 2 aromatic heterocycles. The number of carbonyl (C=O) groups excluding carboxylic acids is 1. The summed E-state index contributed by atoms with van der Waals surface area (Å²) in [6, 6.07) is 10.9. The number of imidazole rings is 1. The van der Waals surface area contributed by atoms with Crippen LogP contribution in [0.25, 0.3) is 11.5 Å². The van der Waals surface area contributed by atoms with Gasteiger partial charge in [-0.15, -0.1) is 0 Å². The average Bonchev–Trinajstić information content (AvgIpc) is 3.14. The van der Waals surface area contributed by atoms with Crippen LogP contribution in [0, 0.1) is 0 Å². The topological polar surface area (TPSA) is 122 Å². The minimum atomic E-state index is -1.17. The number of rotatable bonds is 5. The molecule has 7 nitrogen and oxygen atoms in total. The van der Waals surface area contributed by atoms with E-state index in [0.29, 0.717) is 12.2 Å². The second-order valence-electron chi connectivity index (χ2n) is 4.91. The van der Waals surface area contributed by atoms with Crippen LogP contribution in [-0.2, 0) is 6.42 Å². The highest BCUT2D eigenvalue weighted by molar-refractivity contribution is 6.00. The fourth-order valence-corrected chi connectivity index (χ4v) is 2.32. The molecule has 116 valence electrons. The molecule has 0 unspecified atom stereocenters. The molecule has 0 saturated heterocycles. The van der Waals surface area contributed by atoms with E-state index < -0.39 is 11.9 Å². The standard InChI is InChI=1S/C16H13N3O4/c17-15(20)13-12(18-8-19-13)14-11(16(21)22)7-10(23-14)6-9-4-2-1-3-5-9/h1-5,7-8H,6H2,(H2,17,20)(H,18,19)(H,21,22). The number of carbonyl (C=O) groups is 2. The Morgan fingerprint density at radius 2 is 2.00 bits per heavy atom. The van der Waals surface area contributed by atoms with Crippen LogP contribution in [0.5, 0.6) is 0 Å². The molecule has 0 aliphatic rings. The van der Waals surface area contributed by atoms with Gasteiger partial charge in [0.05, 0.1) is 6.33 Å². The van der Waals surface area contributed by atoms with Crippen molar-refractivity contribution in [3.05, 3.63) is 65.3 Å². The Labute approximate surface area is 130 Å². The molecule has 0 atom stereocenters. The van der Waals surface area contributed by atoms with E-state index in [1.54, 1.807) is 0 Å². The zero-order chi connectivity index (χ0) is 16.4. The second-order valence-corrected chi connectivity index (χ2v) is 4.91.